The van der Waals surface area contributed by atoms with Gasteiger partial charge in [-0.25, -0.2) is 0 Å². The number of hydrogen-bond acceptors (Lipinski definition) is 4. The number of phenols is 1. The number of methoxy groups -OCH3 is 1. The molecule has 0 aliphatic carbocycles. The number of likely N-dealkylation sites (tertiary alicyclic amines) is 1. The molecule has 4 nitrogen and oxygen atoms in total. The van der Waals surface area contributed by atoms with Crippen molar-refractivity contribution in [2.45, 2.75) is 26.3 Å². The van der Waals surface area contributed by atoms with Gasteiger partial charge in [0, 0.05) is 31.4 Å². The van der Waals surface area contributed by atoms with E-state index in [0.717, 1.165) is 17.7 Å². The van der Waals surface area contributed by atoms with Crippen LogP contribution in [0.5, 0.6) is 11.5 Å². The van der Waals surface area contributed by atoms with Gasteiger partial charge >= 0.3 is 0 Å². The summed E-state index contributed by atoms with van der Waals surface area (Å²) in [5.74, 6) is 0.602. The number of hydrogen-bond donors (Lipinski definition) is 1. The molecule has 0 radical (unpaired) electrons. The predicted octanol–water partition coefficient (Wildman–Crippen LogP) is 3.02. The number of ether oxygens (including phenoxy) is 1. The Morgan fingerprint density at radius 1 is 1.47 bits per heavy atom. The van der Waals surface area contributed by atoms with Gasteiger partial charge in [0.2, 0.25) is 0 Å². The topological polar surface area (TPSA) is 45.1 Å². The number of rotatable bonds is 3. The second kappa shape index (κ2) is 5.34. The lowest BCUT2D eigenvalue weighted by atomic mass is 10.0. The average molecular weight is 260 g/mol. The van der Waals surface area contributed by atoms with Gasteiger partial charge in [-0.05, 0) is 25.5 Å². The molecule has 4 heteroatoms. The van der Waals surface area contributed by atoms with E-state index in [9.17, 15) is 5.11 Å². The molecule has 1 aromatic carbocycles. The van der Waals surface area contributed by atoms with Crippen molar-refractivity contribution in [3.05, 3.63) is 29.5 Å². The number of nitrogens with zero attached hydrogens (tertiary/aromatic N) is 2. The summed E-state index contributed by atoms with van der Waals surface area (Å²) in [5, 5.41) is 9.77. The third kappa shape index (κ3) is 2.57. The van der Waals surface area contributed by atoms with Crippen molar-refractivity contribution in [3.8, 4) is 11.5 Å². The van der Waals surface area contributed by atoms with Crippen molar-refractivity contribution in [2.24, 2.45) is 4.99 Å². The zero-order valence-corrected chi connectivity index (χ0v) is 11.8. The van der Waals surface area contributed by atoms with Crippen molar-refractivity contribution in [1.29, 1.82) is 0 Å². The standard InChI is InChI=1S/C15H20N2O2/c1-5-11-7-12(17(11)3)9-16-13-8-14(18)15(19-4)6-10(13)2/h5-6,8-9,12,18H,7H2,1-4H3/b11-5+,16-9?. The molecule has 1 N–H and O–H groups in total. The first-order valence-electron chi connectivity index (χ1n) is 6.36. The minimum atomic E-state index is 0.122. The molecule has 0 bridgehead atoms. The number of benzene rings is 1. The van der Waals surface area contributed by atoms with Crippen LogP contribution in [0.25, 0.3) is 0 Å². The highest BCUT2D eigenvalue weighted by molar-refractivity contribution is 5.73. The monoisotopic (exact) mass is 260 g/mol. The molecule has 0 amide bonds. The fourth-order valence-electron chi connectivity index (χ4n) is 2.20. The summed E-state index contributed by atoms with van der Waals surface area (Å²) in [7, 11) is 3.60. The van der Waals surface area contributed by atoms with Crippen LogP contribution in [0.2, 0.25) is 0 Å². The summed E-state index contributed by atoms with van der Waals surface area (Å²) in [6.07, 6.45) is 5.08. The lowest BCUT2D eigenvalue weighted by Gasteiger charge is -2.40. The van der Waals surface area contributed by atoms with Gasteiger partial charge in [-0.15, -0.1) is 0 Å². The first-order chi connectivity index (χ1) is 9.06. The molecule has 0 aromatic heterocycles. The molecular weight excluding hydrogens is 240 g/mol. The predicted molar refractivity (Wildman–Crippen MR) is 77.5 cm³/mol. The maximum Gasteiger partial charge on any atom is 0.160 e. The summed E-state index contributed by atoms with van der Waals surface area (Å²) in [5.41, 5.74) is 3.10. The molecule has 1 aromatic rings. The molecule has 1 atom stereocenters. The summed E-state index contributed by atoms with van der Waals surface area (Å²) >= 11 is 0. The lowest BCUT2D eigenvalue weighted by molar-refractivity contribution is 0.264. The highest BCUT2D eigenvalue weighted by Gasteiger charge is 2.26. The molecule has 1 saturated heterocycles. The number of allylic oxidation sites excluding steroid dienone is 1. The number of aliphatic imine (C=N–C) groups is 1. The SMILES string of the molecule is C/C=C1\CC(C=Nc2cc(O)c(OC)cc2C)N1C. The van der Waals surface area contributed by atoms with E-state index in [1.807, 2.05) is 20.1 Å². The highest BCUT2D eigenvalue weighted by atomic mass is 16.5. The normalized spacial score (nSPS) is 20.9. The van der Waals surface area contributed by atoms with Crippen LogP contribution in [0, 0.1) is 6.92 Å². The van der Waals surface area contributed by atoms with Gasteiger partial charge in [-0.1, -0.05) is 6.08 Å². The fourth-order valence-corrected chi connectivity index (χ4v) is 2.20. The first kappa shape index (κ1) is 13.5. The Balaban J connectivity index is 2.14. The molecule has 1 aliphatic heterocycles. The van der Waals surface area contributed by atoms with E-state index in [1.54, 1.807) is 19.2 Å². The van der Waals surface area contributed by atoms with Crippen molar-refractivity contribution in [3.63, 3.8) is 0 Å². The van der Waals surface area contributed by atoms with Crippen LogP contribution < -0.4 is 4.74 Å². The Morgan fingerprint density at radius 2 is 2.21 bits per heavy atom. The average Bonchev–Trinajstić information content (AvgIpc) is 2.40. The Hall–Kier alpha value is -1.97. The summed E-state index contributed by atoms with van der Waals surface area (Å²) < 4.78 is 5.07. The van der Waals surface area contributed by atoms with E-state index < -0.39 is 0 Å². The van der Waals surface area contributed by atoms with Gasteiger partial charge in [0.25, 0.3) is 0 Å². The maximum absolute atomic E-state index is 9.77. The molecule has 0 spiro atoms. The van der Waals surface area contributed by atoms with Gasteiger partial charge < -0.3 is 14.7 Å². The van der Waals surface area contributed by atoms with Crippen LogP contribution >= 0.6 is 0 Å². The van der Waals surface area contributed by atoms with Crippen molar-refractivity contribution < 1.29 is 9.84 Å². The Morgan fingerprint density at radius 3 is 2.79 bits per heavy atom. The van der Waals surface area contributed by atoms with Crippen LogP contribution in [0.4, 0.5) is 5.69 Å². The molecule has 1 heterocycles. The van der Waals surface area contributed by atoms with Crippen LogP contribution in [0.3, 0.4) is 0 Å². The molecule has 2 rings (SSSR count). The second-order valence-corrected chi connectivity index (χ2v) is 4.75. The maximum atomic E-state index is 9.77. The summed E-state index contributed by atoms with van der Waals surface area (Å²) in [6.45, 7) is 4.00. The van der Waals surface area contributed by atoms with Gasteiger partial charge in [-0.2, -0.15) is 0 Å². The largest absolute Gasteiger partial charge is 0.504 e. The molecule has 19 heavy (non-hydrogen) atoms. The fraction of sp³-hybridized carbons (Fsp3) is 0.400. The minimum absolute atomic E-state index is 0.122. The Bertz CT molecular complexity index is 535. The highest BCUT2D eigenvalue weighted by Crippen LogP contribution is 2.34. The van der Waals surface area contributed by atoms with E-state index >= 15 is 0 Å². The van der Waals surface area contributed by atoms with E-state index in [0.29, 0.717) is 11.8 Å². The molecule has 102 valence electrons. The number of phenolic OH excluding ortho intramolecular Hbond substituents is 1. The minimum Gasteiger partial charge on any atom is -0.504 e. The zero-order valence-electron chi connectivity index (χ0n) is 11.8. The molecule has 1 unspecified atom stereocenters. The zero-order chi connectivity index (χ0) is 14.0. The van der Waals surface area contributed by atoms with Gasteiger partial charge in [-0.3, -0.25) is 4.99 Å². The van der Waals surface area contributed by atoms with Gasteiger partial charge in [0.1, 0.15) is 0 Å². The quantitative estimate of drug-likeness (QED) is 0.850. The van der Waals surface area contributed by atoms with Gasteiger partial charge in [0.05, 0.1) is 18.8 Å². The Kier molecular flexibility index (Phi) is 3.79. The van der Waals surface area contributed by atoms with E-state index in [4.69, 9.17) is 4.74 Å². The molecule has 1 aliphatic rings. The van der Waals surface area contributed by atoms with Crippen LogP contribution in [-0.4, -0.2) is 36.4 Å². The second-order valence-electron chi connectivity index (χ2n) is 4.75. The Labute approximate surface area is 114 Å². The van der Waals surface area contributed by atoms with Crippen molar-refractivity contribution >= 4 is 11.9 Å². The van der Waals surface area contributed by atoms with Crippen LogP contribution in [-0.2, 0) is 0 Å². The third-order valence-electron chi connectivity index (χ3n) is 3.59. The smallest absolute Gasteiger partial charge is 0.160 e. The van der Waals surface area contributed by atoms with Crippen molar-refractivity contribution in [2.75, 3.05) is 14.2 Å². The first-order valence-corrected chi connectivity index (χ1v) is 6.36. The molecule has 0 saturated carbocycles. The molecule has 1 fully saturated rings. The summed E-state index contributed by atoms with van der Waals surface area (Å²) in [4.78, 5) is 6.67. The van der Waals surface area contributed by atoms with E-state index in [1.165, 1.54) is 5.70 Å². The van der Waals surface area contributed by atoms with Crippen LogP contribution in [0.1, 0.15) is 18.9 Å². The van der Waals surface area contributed by atoms with Crippen LogP contribution in [0.15, 0.2) is 28.9 Å². The number of aryl methyl sites for hydroxylation is 1. The number of aromatic hydroxyl groups is 1. The van der Waals surface area contributed by atoms with Gasteiger partial charge in [0.15, 0.2) is 11.5 Å². The summed E-state index contributed by atoms with van der Waals surface area (Å²) in [6, 6.07) is 3.78. The molecular formula is C15H20N2O2. The lowest BCUT2D eigenvalue weighted by Crippen LogP contribution is -2.43. The van der Waals surface area contributed by atoms with E-state index in [2.05, 4.69) is 23.0 Å². The third-order valence-corrected chi connectivity index (χ3v) is 3.59. The van der Waals surface area contributed by atoms with Crippen molar-refractivity contribution in [1.82, 2.24) is 4.90 Å². The van der Waals surface area contributed by atoms with E-state index in [-0.39, 0.29) is 5.75 Å².